The van der Waals surface area contributed by atoms with Crippen molar-refractivity contribution >= 4 is 19.0 Å². The third-order valence-electron chi connectivity index (χ3n) is 0.907. The van der Waals surface area contributed by atoms with Gasteiger partial charge in [0.1, 0.15) is 0 Å². The number of hydrogen-bond donors (Lipinski definition) is 0. The first kappa shape index (κ1) is 15.9. The van der Waals surface area contributed by atoms with E-state index in [2.05, 4.69) is 12.2 Å². The SMILES string of the molecule is CCCOP(=O)([S-])OCCC.[Na+]. The van der Waals surface area contributed by atoms with E-state index in [4.69, 9.17) is 9.05 Å². The van der Waals surface area contributed by atoms with Crippen LogP contribution in [0.4, 0.5) is 0 Å². The second-order valence-electron chi connectivity index (χ2n) is 2.11. The third kappa shape index (κ3) is 9.59. The van der Waals surface area contributed by atoms with E-state index in [1.807, 2.05) is 13.8 Å². The van der Waals surface area contributed by atoms with Gasteiger partial charge in [0.25, 0.3) is 0 Å². The summed E-state index contributed by atoms with van der Waals surface area (Å²) in [6.45, 7) is 1.52. The van der Waals surface area contributed by atoms with Crippen LogP contribution in [0, 0.1) is 0 Å². The molecule has 0 amide bonds. The van der Waals surface area contributed by atoms with Crippen molar-refractivity contribution in [1.82, 2.24) is 0 Å². The van der Waals surface area contributed by atoms with Crippen LogP contribution in [0.2, 0.25) is 0 Å². The quantitative estimate of drug-likeness (QED) is 0.343. The largest absolute Gasteiger partial charge is 1.00 e. The molecular formula is C6H14NaO3PS. The number of rotatable bonds is 6. The molecule has 0 spiro atoms. The molecule has 0 aromatic heterocycles. The Hall–Kier alpha value is 1.50. The van der Waals surface area contributed by atoms with Gasteiger partial charge in [-0.15, -0.1) is 0 Å². The van der Waals surface area contributed by atoms with Crippen LogP contribution < -0.4 is 29.6 Å². The van der Waals surface area contributed by atoms with Crippen molar-refractivity contribution in [3.63, 3.8) is 0 Å². The topological polar surface area (TPSA) is 35.5 Å². The minimum Gasteiger partial charge on any atom is -0.660 e. The van der Waals surface area contributed by atoms with Gasteiger partial charge in [0.2, 0.25) is 0 Å². The van der Waals surface area contributed by atoms with Gasteiger partial charge in [-0.2, -0.15) is 0 Å². The Balaban J connectivity index is 0. The molecule has 0 unspecified atom stereocenters. The van der Waals surface area contributed by atoms with Gasteiger partial charge in [-0.3, -0.25) is 4.57 Å². The Morgan fingerprint density at radius 1 is 1.17 bits per heavy atom. The smallest absolute Gasteiger partial charge is 0.660 e. The van der Waals surface area contributed by atoms with Gasteiger partial charge in [0.05, 0.1) is 13.2 Å². The number of hydrogen-bond acceptors (Lipinski definition) is 4. The fourth-order valence-corrected chi connectivity index (χ4v) is 1.78. The van der Waals surface area contributed by atoms with E-state index in [0.29, 0.717) is 13.2 Å². The van der Waals surface area contributed by atoms with Crippen LogP contribution in [-0.2, 0) is 25.9 Å². The maximum atomic E-state index is 11.1. The van der Waals surface area contributed by atoms with Gasteiger partial charge in [-0.05, 0) is 12.8 Å². The molecule has 6 heteroatoms. The molecule has 0 radical (unpaired) electrons. The zero-order valence-electron chi connectivity index (χ0n) is 7.91. The minimum absolute atomic E-state index is 0. The van der Waals surface area contributed by atoms with Crippen LogP contribution in [0.5, 0.6) is 0 Å². The predicted octanol–water partition coefficient (Wildman–Crippen LogP) is -0.501. The van der Waals surface area contributed by atoms with Crippen LogP contribution in [0.15, 0.2) is 0 Å². The molecule has 0 aromatic rings. The molecule has 68 valence electrons. The second kappa shape index (κ2) is 9.07. The molecule has 0 rings (SSSR count). The van der Waals surface area contributed by atoms with E-state index < -0.39 is 6.80 Å². The first-order valence-corrected chi connectivity index (χ1v) is 6.28. The average molecular weight is 220 g/mol. The zero-order chi connectivity index (χ0) is 8.74. The van der Waals surface area contributed by atoms with Crippen LogP contribution in [0.25, 0.3) is 0 Å². The van der Waals surface area contributed by atoms with Crippen molar-refractivity contribution in [1.29, 1.82) is 0 Å². The molecule has 0 saturated carbocycles. The van der Waals surface area contributed by atoms with E-state index in [9.17, 15) is 4.57 Å². The molecule has 0 aliphatic carbocycles. The standard InChI is InChI=1S/C6H15O3PS.Na/c1-3-5-8-10(7,11)9-6-4-2;/h3-6H2,1-2H3,(H,7,11);/q;+1/p-1. The molecule has 0 aliphatic heterocycles. The summed E-state index contributed by atoms with van der Waals surface area (Å²) in [6, 6.07) is 0. The summed E-state index contributed by atoms with van der Waals surface area (Å²) in [5.74, 6) is 0. The molecule has 3 nitrogen and oxygen atoms in total. The summed E-state index contributed by atoms with van der Waals surface area (Å²) >= 11 is 4.59. The van der Waals surface area contributed by atoms with Crippen molar-refractivity contribution < 1.29 is 43.2 Å². The molecule has 0 heterocycles. The van der Waals surface area contributed by atoms with Crippen LogP contribution >= 0.6 is 6.80 Å². The van der Waals surface area contributed by atoms with Crippen LogP contribution in [0.1, 0.15) is 26.7 Å². The molecule has 0 aliphatic rings. The van der Waals surface area contributed by atoms with Crippen molar-refractivity contribution in [3.05, 3.63) is 0 Å². The summed E-state index contributed by atoms with van der Waals surface area (Å²) in [6.07, 6.45) is 1.60. The summed E-state index contributed by atoms with van der Waals surface area (Å²) in [7, 11) is 0. The Morgan fingerprint density at radius 2 is 1.50 bits per heavy atom. The first-order chi connectivity index (χ1) is 5.12. The van der Waals surface area contributed by atoms with E-state index in [1.165, 1.54) is 0 Å². The van der Waals surface area contributed by atoms with Gasteiger partial charge in [-0.1, -0.05) is 13.8 Å². The van der Waals surface area contributed by atoms with Crippen LogP contribution in [-0.4, -0.2) is 13.2 Å². The Labute approximate surface area is 102 Å². The molecule has 0 fully saturated rings. The maximum absolute atomic E-state index is 11.1. The molecule has 12 heavy (non-hydrogen) atoms. The van der Waals surface area contributed by atoms with Gasteiger partial charge < -0.3 is 21.3 Å². The van der Waals surface area contributed by atoms with Crippen molar-refractivity contribution in [2.45, 2.75) is 26.7 Å². The Kier molecular flexibility index (Phi) is 12.1. The Morgan fingerprint density at radius 3 is 1.75 bits per heavy atom. The second-order valence-corrected chi connectivity index (χ2v) is 4.87. The summed E-state index contributed by atoms with van der Waals surface area (Å²) in [5, 5.41) is 0. The monoisotopic (exact) mass is 220 g/mol. The van der Waals surface area contributed by atoms with E-state index in [-0.39, 0.29) is 29.6 Å². The normalized spacial score (nSPS) is 10.9. The maximum Gasteiger partial charge on any atom is 1.00 e. The van der Waals surface area contributed by atoms with Gasteiger partial charge in [0, 0.05) is 0 Å². The average Bonchev–Trinajstić information content (AvgIpc) is 1.97. The van der Waals surface area contributed by atoms with E-state index in [1.54, 1.807) is 0 Å². The predicted molar refractivity (Wildman–Crippen MR) is 47.5 cm³/mol. The third-order valence-corrected chi connectivity index (χ3v) is 2.54. The molecule has 0 saturated heterocycles. The summed E-state index contributed by atoms with van der Waals surface area (Å²) < 4.78 is 20.8. The van der Waals surface area contributed by atoms with Crippen molar-refractivity contribution in [3.8, 4) is 0 Å². The van der Waals surface area contributed by atoms with Gasteiger partial charge in [0.15, 0.2) is 6.80 Å². The summed E-state index contributed by atoms with van der Waals surface area (Å²) in [4.78, 5) is 0. The molecular weight excluding hydrogens is 206 g/mol. The Bertz CT molecular complexity index is 133. The van der Waals surface area contributed by atoms with E-state index in [0.717, 1.165) is 12.8 Å². The molecule has 0 N–H and O–H groups in total. The summed E-state index contributed by atoms with van der Waals surface area (Å²) in [5.41, 5.74) is 0. The molecule has 0 atom stereocenters. The minimum atomic E-state index is -3.14. The zero-order valence-corrected chi connectivity index (χ0v) is 11.6. The fourth-order valence-electron chi connectivity index (χ4n) is 0.443. The molecule has 0 aromatic carbocycles. The van der Waals surface area contributed by atoms with E-state index >= 15 is 0 Å². The van der Waals surface area contributed by atoms with Crippen molar-refractivity contribution in [2.75, 3.05) is 13.2 Å². The van der Waals surface area contributed by atoms with Crippen LogP contribution in [0.3, 0.4) is 0 Å². The fraction of sp³-hybridized carbons (Fsp3) is 1.00. The van der Waals surface area contributed by atoms with Gasteiger partial charge >= 0.3 is 29.6 Å². The first-order valence-electron chi connectivity index (χ1n) is 3.72. The van der Waals surface area contributed by atoms with Crippen molar-refractivity contribution in [2.24, 2.45) is 0 Å². The molecule has 0 bridgehead atoms. The van der Waals surface area contributed by atoms with Gasteiger partial charge in [-0.25, -0.2) is 0 Å².